The van der Waals surface area contributed by atoms with Crippen molar-refractivity contribution in [2.75, 3.05) is 16.2 Å². The molecule has 0 aliphatic heterocycles. The molecule has 11 heteroatoms. The second-order valence-corrected chi connectivity index (χ2v) is 10.5. The van der Waals surface area contributed by atoms with Gasteiger partial charge in [-0.15, -0.1) is 24.8 Å². The highest BCUT2D eigenvalue weighted by Gasteiger charge is 2.30. The summed E-state index contributed by atoms with van der Waals surface area (Å²) in [7, 11) is -4.14. The summed E-state index contributed by atoms with van der Waals surface area (Å²) in [4.78, 5) is 21.6. The number of halogens is 2. The van der Waals surface area contributed by atoms with E-state index in [1.165, 1.54) is 6.07 Å². The molecule has 8 nitrogen and oxygen atoms in total. The lowest BCUT2D eigenvalue weighted by molar-refractivity contribution is -0.114. The molecule has 202 valence electrons. The molecule has 0 spiro atoms. The third-order valence-corrected chi connectivity index (χ3v) is 8.04. The third kappa shape index (κ3) is 6.06. The van der Waals surface area contributed by atoms with Crippen molar-refractivity contribution in [3.05, 3.63) is 109 Å². The number of carbonyl (C=O) groups is 1. The van der Waals surface area contributed by atoms with Crippen LogP contribution in [0.2, 0.25) is 0 Å². The van der Waals surface area contributed by atoms with Gasteiger partial charge in [0.15, 0.2) is 0 Å². The molecule has 0 saturated heterocycles. The van der Waals surface area contributed by atoms with Crippen molar-refractivity contribution in [3.8, 4) is 5.69 Å². The smallest absolute Gasteiger partial charge is 0.266 e. The summed E-state index contributed by atoms with van der Waals surface area (Å²) in [6, 6.07) is 21.2. The lowest BCUT2D eigenvalue weighted by Crippen LogP contribution is -2.38. The number of sulfonamides is 1. The van der Waals surface area contributed by atoms with Gasteiger partial charge < -0.3 is 9.88 Å². The highest BCUT2D eigenvalue weighted by atomic mass is 35.5. The zero-order chi connectivity index (χ0) is 26.0. The van der Waals surface area contributed by atoms with Crippen LogP contribution in [0.5, 0.6) is 0 Å². The van der Waals surface area contributed by atoms with Gasteiger partial charge in [-0.1, -0.05) is 30.3 Å². The number of hydrogen-bond donors (Lipinski definition) is 1. The molecule has 0 aliphatic carbocycles. The molecular weight excluding hydrogens is 557 g/mol. The Morgan fingerprint density at radius 2 is 1.64 bits per heavy atom. The Hall–Kier alpha value is -3.92. The summed E-state index contributed by atoms with van der Waals surface area (Å²) < 4.78 is 31.1. The van der Waals surface area contributed by atoms with Crippen LogP contribution in [0.15, 0.2) is 103 Å². The van der Waals surface area contributed by atoms with E-state index in [9.17, 15) is 13.2 Å². The van der Waals surface area contributed by atoms with E-state index in [2.05, 4.69) is 15.3 Å². The van der Waals surface area contributed by atoms with E-state index in [1.54, 1.807) is 55.1 Å². The molecule has 0 radical (unpaired) electrons. The van der Waals surface area contributed by atoms with E-state index in [0.29, 0.717) is 22.3 Å². The number of hydrogen-bond acceptors (Lipinski definition) is 5. The minimum Gasteiger partial charge on any atom is -0.325 e. The molecule has 0 fully saturated rings. The number of anilines is 2. The Kier molecular flexibility index (Phi) is 9.34. The summed E-state index contributed by atoms with van der Waals surface area (Å²) >= 11 is 0. The minimum atomic E-state index is -4.14. The van der Waals surface area contributed by atoms with Crippen molar-refractivity contribution >= 4 is 63.0 Å². The van der Waals surface area contributed by atoms with Gasteiger partial charge in [0, 0.05) is 35.4 Å². The number of amides is 1. The van der Waals surface area contributed by atoms with E-state index < -0.39 is 22.5 Å². The molecule has 5 aromatic rings. The Bertz CT molecular complexity index is 1690. The zero-order valence-electron chi connectivity index (χ0n) is 21.2. The summed E-state index contributed by atoms with van der Waals surface area (Å²) in [5, 5.41) is 3.52. The molecule has 2 aromatic heterocycles. The minimum absolute atomic E-state index is 0. The van der Waals surface area contributed by atoms with Gasteiger partial charge in [-0.2, -0.15) is 0 Å². The van der Waals surface area contributed by atoms with E-state index >= 15 is 0 Å². The molecule has 2 heterocycles. The lowest BCUT2D eigenvalue weighted by Gasteiger charge is -2.26. The van der Waals surface area contributed by atoms with Gasteiger partial charge in [-0.25, -0.2) is 13.4 Å². The molecule has 5 rings (SSSR count). The average Bonchev–Trinajstić information content (AvgIpc) is 3.44. The van der Waals surface area contributed by atoms with Gasteiger partial charge >= 0.3 is 0 Å². The maximum atomic E-state index is 14.1. The number of para-hydroxylation sites is 1. The van der Waals surface area contributed by atoms with Crippen molar-refractivity contribution in [1.82, 2.24) is 14.5 Å². The quantitative estimate of drug-likeness (QED) is 0.264. The number of pyridine rings is 1. The molecule has 0 bridgehead atoms. The number of nitrogens with one attached hydrogen (secondary N) is 1. The van der Waals surface area contributed by atoms with Crippen LogP contribution in [0.3, 0.4) is 0 Å². The SMILES string of the molecule is Cc1cccc(N(CC(=O)Nc2ccc(-n3ccnc3)cc2)S(=O)(=O)c2cccc3cccnc23)c1C.Cl.Cl. The van der Waals surface area contributed by atoms with Crippen molar-refractivity contribution in [2.45, 2.75) is 18.7 Å². The number of carbonyl (C=O) groups excluding carboxylic acids is 1. The normalized spacial score (nSPS) is 10.8. The second-order valence-electron chi connectivity index (χ2n) is 8.63. The lowest BCUT2D eigenvalue weighted by atomic mass is 10.1. The van der Waals surface area contributed by atoms with Crippen LogP contribution in [0, 0.1) is 13.8 Å². The van der Waals surface area contributed by atoms with Crippen LogP contribution in [-0.4, -0.2) is 35.4 Å². The fraction of sp³-hybridized carbons (Fsp3) is 0.107. The first-order valence-electron chi connectivity index (χ1n) is 11.7. The Labute approximate surface area is 239 Å². The van der Waals surface area contributed by atoms with Crippen LogP contribution in [0.1, 0.15) is 11.1 Å². The van der Waals surface area contributed by atoms with Crippen molar-refractivity contribution in [2.24, 2.45) is 0 Å². The number of benzene rings is 3. The van der Waals surface area contributed by atoms with Crippen molar-refractivity contribution < 1.29 is 13.2 Å². The number of imidazole rings is 1. The van der Waals surface area contributed by atoms with E-state index in [1.807, 2.05) is 54.9 Å². The average molecular weight is 585 g/mol. The zero-order valence-corrected chi connectivity index (χ0v) is 23.6. The topological polar surface area (TPSA) is 97.2 Å². The third-order valence-electron chi connectivity index (χ3n) is 6.25. The number of aryl methyl sites for hydroxylation is 1. The van der Waals surface area contributed by atoms with Gasteiger partial charge in [-0.3, -0.25) is 14.1 Å². The highest BCUT2D eigenvalue weighted by Crippen LogP contribution is 2.31. The van der Waals surface area contributed by atoms with Crippen molar-refractivity contribution in [1.29, 1.82) is 0 Å². The maximum Gasteiger partial charge on any atom is 0.266 e. The predicted octanol–water partition coefficient (Wildman–Crippen LogP) is 5.71. The van der Waals surface area contributed by atoms with Gasteiger partial charge in [0.05, 0.1) is 17.5 Å². The number of rotatable bonds is 7. The number of aromatic nitrogens is 3. The van der Waals surface area contributed by atoms with E-state index in [4.69, 9.17) is 0 Å². The molecule has 39 heavy (non-hydrogen) atoms. The van der Waals surface area contributed by atoms with Crippen LogP contribution in [0.25, 0.3) is 16.6 Å². The first-order chi connectivity index (χ1) is 17.8. The fourth-order valence-electron chi connectivity index (χ4n) is 4.17. The van der Waals surface area contributed by atoms with Crippen LogP contribution in [-0.2, 0) is 14.8 Å². The highest BCUT2D eigenvalue weighted by molar-refractivity contribution is 7.93. The molecule has 3 aromatic carbocycles. The van der Waals surface area contributed by atoms with Crippen molar-refractivity contribution in [3.63, 3.8) is 0 Å². The Balaban J connectivity index is 0.00000210. The second kappa shape index (κ2) is 12.3. The van der Waals surface area contributed by atoms with Crippen LogP contribution >= 0.6 is 24.8 Å². The first kappa shape index (κ1) is 29.6. The van der Waals surface area contributed by atoms with Gasteiger partial charge in [0.1, 0.15) is 11.4 Å². The van der Waals surface area contributed by atoms with Crippen LogP contribution in [0.4, 0.5) is 11.4 Å². The van der Waals surface area contributed by atoms with Gasteiger partial charge in [-0.05, 0) is 67.4 Å². The Morgan fingerprint density at radius 3 is 2.36 bits per heavy atom. The first-order valence-corrected chi connectivity index (χ1v) is 13.1. The molecule has 0 aliphatic rings. The summed E-state index contributed by atoms with van der Waals surface area (Å²) in [6.07, 6.45) is 6.75. The molecule has 0 saturated carbocycles. The van der Waals surface area contributed by atoms with Gasteiger partial charge in [0.2, 0.25) is 5.91 Å². The monoisotopic (exact) mass is 583 g/mol. The molecule has 1 N–H and O–H groups in total. The van der Waals surface area contributed by atoms with E-state index in [0.717, 1.165) is 21.1 Å². The molecular formula is C28H27Cl2N5O3S. The largest absolute Gasteiger partial charge is 0.325 e. The molecule has 1 amide bonds. The summed E-state index contributed by atoms with van der Waals surface area (Å²) in [6.45, 7) is 3.35. The van der Waals surface area contributed by atoms with Crippen LogP contribution < -0.4 is 9.62 Å². The van der Waals surface area contributed by atoms with E-state index in [-0.39, 0.29) is 29.7 Å². The summed E-state index contributed by atoms with van der Waals surface area (Å²) in [5.74, 6) is -0.465. The number of fused-ring (bicyclic) bond motifs is 1. The fourth-order valence-corrected chi connectivity index (χ4v) is 5.82. The maximum absolute atomic E-state index is 14.1. The number of nitrogens with zero attached hydrogens (tertiary/aromatic N) is 4. The van der Waals surface area contributed by atoms with Gasteiger partial charge in [0.25, 0.3) is 10.0 Å². The summed E-state index contributed by atoms with van der Waals surface area (Å²) in [5.41, 5.74) is 3.94. The molecule has 0 atom stereocenters. The standard InChI is InChI=1S/C28H25N5O3S.2ClH/c1-20-6-3-9-25(21(20)2)33(37(35,36)26-10-4-7-22-8-5-15-30-28(22)26)18-27(34)31-23-11-13-24(14-12-23)32-17-16-29-19-32;;/h3-17,19H,18H2,1-2H3,(H,31,34);2*1H. The predicted molar refractivity (Wildman–Crippen MR) is 159 cm³/mol. The Morgan fingerprint density at radius 1 is 0.923 bits per heavy atom. The molecule has 0 unspecified atom stereocenters.